The van der Waals surface area contributed by atoms with Gasteiger partial charge in [0.25, 0.3) is 0 Å². The van der Waals surface area contributed by atoms with Gasteiger partial charge < -0.3 is 9.47 Å². The molecule has 2 heteroatoms. The van der Waals surface area contributed by atoms with E-state index in [4.69, 9.17) is 9.47 Å². The van der Waals surface area contributed by atoms with Gasteiger partial charge in [0.05, 0.1) is 12.2 Å². The highest BCUT2D eigenvalue weighted by Gasteiger charge is 2.53. The molecule has 82 valence electrons. The number of rotatable bonds is 1. The van der Waals surface area contributed by atoms with Crippen LogP contribution in [-0.2, 0) is 9.47 Å². The molecule has 2 nitrogen and oxygen atoms in total. The van der Waals surface area contributed by atoms with Crippen LogP contribution in [0.15, 0.2) is 0 Å². The van der Waals surface area contributed by atoms with Gasteiger partial charge in [-0.15, -0.1) is 0 Å². The van der Waals surface area contributed by atoms with Crippen LogP contribution in [0.2, 0.25) is 0 Å². The van der Waals surface area contributed by atoms with E-state index in [9.17, 15) is 0 Å². The molecule has 0 aromatic heterocycles. The van der Waals surface area contributed by atoms with Crippen molar-refractivity contribution in [3.63, 3.8) is 0 Å². The van der Waals surface area contributed by atoms with E-state index in [1.165, 1.54) is 0 Å². The molecule has 0 radical (unpaired) electrons. The van der Waals surface area contributed by atoms with Gasteiger partial charge in [-0.25, -0.2) is 0 Å². The molecule has 0 aliphatic carbocycles. The van der Waals surface area contributed by atoms with Crippen molar-refractivity contribution in [2.24, 2.45) is 11.8 Å². The number of hydrogen-bond acceptors (Lipinski definition) is 2. The maximum Gasteiger partial charge on any atom is 0.169 e. The minimum Gasteiger partial charge on any atom is -0.350 e. The van der Waals surface area contributed by atoms with Crippen molar-refractivity contribution in [1.29, 1.82) is 0 Å². The molecule has 2 heterocycles. The zero-order chi connectivity index (χ0) is 10.4. The average Bonchev–Trinajstić information content (AvgIpc) is 2.57. The van der Waals surface area contributed by atoms with E-state index in [1.54, 1.807) is 0 Å². The lowest BCUT2D eigenvalue weighted by atomic mass is 9.80. The summed E-state index contributed by atoms with van der Waals surface area (Å²) < 4.78 is 11.9. The molecule has 0 saturated carbocycles. The Kier molecular flexibility index (Phi) is 2.39. The lowest BCUT2D eigenvalue weighted by Gasteiger charge is -2.29. The molecule has 0 aromatic rings. The quantitative estimate of drug-likeness (QED) is 0.645. The topological polar surface area (TPSA) is 18.5 Å². The highest BCUT2D eigenvalue weighted by atomic mass is 16.7. The Morgan fingerprint density at radius 1 is 1.29 bits per heavy atom. The Labute approximate surface area is 87.0 Å². The fourth-order valence-electron chi connectivity index (χ4n) is 3.13. The summed E-state index contributed by atoms with van der Waals surface area (Å²) in [7, 11) is 0. The van der Waals surface area contributed by atoms with Crippen LogP contribution >= 0.6 is 0 Å². The number of ether oxygens (including phenoxy) is 2. The average molecular weight is 198 g/mol. The summed E-state index contributed by atoms with van der Waals surface area (Å²) in [5, 5.41) is 0. The molecule has 14 heavy (non-hydrogen) atoms. The molecule has 2 rings (SSSR count). The van der Waals surface area contributed by atoms with Crippen LogP contribution in [0.4, 0.5) is 0 Å². The third-order valence-electron chi connectivity index (χ3n) is 3.74. The first-order chi connectivity index (χ1) is 6.45. The second-order valence-electron chi connectivity index (χ2n) is 5.62. The molecule has 0 bridgehead atoms. The highest BCUT2D eigenvalue weighted by molar-refractivity contribution is 4.96. The summed E-state index contributed by atoms with van der Waals surface area (Å²) >= 11 is 0. The van der Waals surface area contributed by atoms with Gasteiger partial charge >= 0.3 is 0 Å². The van der Waals surface area contributed by atoms with E-state index in [-0.39, 0.29) is 11.4 Å². The Bertz CT molecular complexity index is 214. The molecule has 0 aromatic carbocycles. The molecule has 2 fully saturated rings. The van der Waals surface area contributed by atoms with Crippen LogP contribution in [0.3, 0.4) is 0 Å². The number of hydrogen-bond donors (Lipinski definition) is 0. The fourth-order valence-corrected chi connectivity index (χ4v) is 3.13. The summed E-state index contributed by atoms with van der Waals surface area (Å²) in [5.41, 5.74) is -0.0154. The highest BCUT2D eigenvalue weighted by Crippen LogP contribution is 2.50. The standard InChI is InChI=1S/C12H22O2/c1-9(2)10-8-12(6-5-7-13-12)14-11(10,3)4/h9-10H,5-8H2,1-4H3. The summed E-state index contributed by atoms with van der Waals surface area (Å²) in [6, 6.07) is 0. The van der Waals surface area contributed by atoms with Gasteiger partial charge in [0, 0.05) is 12.8 Å². The first kappa shape index (κ1) is 10.4. The first-order valence-electron chi connectivity index (χ1n) is 5.79. The maximum absolute atomic E-state index is 6.15. The van der Waals surface area contributed by atoms with Gasteiger partial charge in [-0.05, 0) is 32.1 Å². The van der Waals surface area contributed by atoms with E-state index in [2.05, 4.69) is 27.7 Å². The van der Waals surface area contributed by atoms with Crippen LogP contribution in [0.5, 0.6) is 0 Å². The molecular formula is C12H22O2. The maximum atomic E-state index is 6.15. The predicted octanol–water partition coefficient (Wildman–Crippen LogP) is 2.96. The van der Waals surface area contributed by atoms with Crippen molar-refractivity contribution in [3.05, 3.63) is 0 Å². The van der Waals surface area contributed by atoms with Crippen LogP contribution in [0.25, 0.3) is 0 Å². The predicted molar refractivity (Wildman–Crippen MR) is 56.0 cm³/mol. The van der Waals surface area contributed by atoms with Crippen LogP contribution < -0.4 is 0 Å². The Balaban J connectivity index is 2.15. The van der Waals surface area contributed by atoms with E-state index in [0.717, 1.165) is 25.9 Å². The van der Waals surface area contributed by atoms with Gasteiger partial charge in [-0.2, -0.15) is 0 Å². The van der Waals surface area contributed by atoms with Crippen molar-refractivity contribution in [3.8, 4) is 0 Å². The SMILES string of the molecule is CC(C)C1CC2(CCCO2)OC1(C)C. The first-order valence-corrected chi connectivity index (χ1v) is 5.79. The van der Waals surface area contributed by atoms with Crippen molar-refractivity contribution in [2.75, 3.05) is 6.61 Å². The zero-order valence-corrected chi connectivity index (χ0v) is 9.80. The van der Waals surface area contributed by atoms with Gasteiger partial charge in [0.1, 0.15) is 0 Å². The van der Waals surface area contributed by atoms with Crippen LogP contribution in [0, 0.1) is 11.8 Å². The molecule has 2 saturated heterocycles. The Hall–Kier alpha value is -0.0800. The van der Waals surface area contributed by atoms with E-state index in [1.807, 2.05) is 0 Å². The minimum atomic E-state index is -0.224. The molecule has 2 unspecified atom stereocenters. The minimum absolute atomic E-state index is 0.0154. The monoisotopic (exact) mass is 198 g/mol. The normalized spacial score (nSPS) is 41.4. The van der Waals surface area contributed by atoms with Crippen molar-refractivity contribution < 1.29 is 9.47 Å². The van der Waals surface area contributed by atoms with Gasteiger partial charge in [-0.3, -0.25) is 0 Å². The Morgan fingerprint density at radius 3 is 2.43 bits per heavy atom. The van der Waals surface area contributed by atoms with Gasteiger partial charge in [-0.1, -0.05) is 13.8 Å². The van der Waals surface area contributed by atoms with E-state index in [0.29, 0.717) is 11.8 Å². The molecule has 0 amide bonds. The third kappa shape index (κ3) is 1.59. The van der Waals surface area contributed by atoms with Gasteiger partial charge in [0.2, 0.25) is 0 Å². The van der Waals surface area contributed by atoms with Crippen LogP contribution in [-0.4, -0.2) is 18.0 Å². The van der Waals surface area contributed by atoms with Crippen LogP contribution in [0.1, 0.15) is 47.0 Å². The van der Waals surface area contributed by atoms with Crippen molar-refractivity contribution >= 4 is 0 Å². The largest absolute Gasteiger partial charge is 0.350 e. The molecular weight excluding hydrogens is 176 g/mol. The molecule has 2 aliphatic rings. The second-order valence-corrected chi connectivity index (χ2v) is 5.62. The molecule has 2 aliphatic heterocycles. The molecule has 0 N–H and O–H groups in total. The molecule has 2 atom stereocenters. The summed E-state index contributed by atoms with van der Waals surface area (Å²) in [4.78, 5) is 0. The zero-order valence-electron chi connectivity index (χ0n) is 9.80. The smallest absolute Gasteiger partial charge is 0.169 e. The van der Waals surface area contributed by atoms with Gasteiger partial charge in [0.15, 0.2) is 5.79 Å². The lowest BCUT2D eigenvalue weighted by Crippen LogP contribution is -2.33. The van der Waals surface area contributed by atoms with E-state index < -0.39 is 0 Å². The fraction of sp³-hybridized carbons (Fsp3) is 1.00. The lowest BCUT2D eigenvalue weighted by molar-refractivity contribution is -0.221. The van der Waals surface area contributed by atoms with Crippen molar-refractivity contribution in [2.45, 2.75) is 58.3 Å². The van der Waals surface area contributed by atoms with Crippen molar-refractivity contribution in [1.82, 2.24) is 0 Å². The Morgan fingerprint density at radius 2 is 2.00 bits per heavy atom. The summed E-state index contributed by atoms with van der Waals surface area (Å²) in [5.74, 6) is 1.08. The third-order valence-corrected chi connectivity index (χ3v) is 3.74. The second kappa shape index (κ2) is 3.21. The summed E-state index contributed by atoms with van der Waals surface area (Å²) in [6.07, 6.45) is 3.32. The summed E-state index contributed by atoms with van der Waals surface area (Å²) in [6.45, 7) is 9.84. The molecule has 1 spiro atoms. The van der Waals surface area contributed by atoms with E-state index >= 15 is 0 Å².